The van der Waals surface area contributed by atoms with E-state index in [4.69, 9.17) is 14.7 Å². The predicted octanol–water partition coefficient (Wildman–Crippen LogP) is 7.84. The van der Waals surface area contributed by atoms with Crippen LogP contribution in [-0.2, 0) is 0 Å². The minimum Gasteiger partial charge on any atom is -0.454 e. The molecule has 192 valence electrons. The minimum absolute atomic E-state index is 0.338. The van der Waals surface area contributed by atoms with E-state index in [1.165, 1.54) is 5.56 Å². The normalized spacial score (nSPS) is 12.0. The fourth-order valence-corrected chi connectivity index (χ4v) is 5.70. The van der Waals surface area contributed by atoms with Gasteiger partial charge in [-0.1, -0.05) is 50.2 Å². The third-order valence-electron chi connectivity index (χ3n) is 7.50. The lowest BCUT2D eigenvalue weighted by Gasteiger charge is -2.15. The van der Waals surface area contributed by atoms with E-state index in [0.29, 0.717) is 17.4 Å². The zero-order valence-electron chi connectivity index (χ0n) is 22.0. The molecule has 0 spiro atoms. The second-order valence-electron chi connectivity index (χ2n) is 10.3. The third-order valence-corrected chi connectivity index (χ3v) is 7.50. The van der Waals surface area contributed by atoms with Gasteiger partial charge in [0.15, 0.2) is 0 Å². The molecule has 8 aromatic rings. The highest BCUT2D eigenvalue weighted by Crippen LogP contribution is 2.37. The number of ether oxygens (including phenoxy) is 1. The van der Waals surface area contributed by atoms with E-state index in [1.54, 1.807) is 24.9 Å². The molecule has 5 heterocycles. The molecule has 0 aliphatic carbocycles. The van der Waals surface area contributed by atoms with E-state index in [1.807, 2.05) is 47.0 Å². The highest BCUT2D eigenvalue weighted by atomic mass is 16.5. The molecule has 0 radical (unpaired) electrons. The maximum Gasteiger partial charge on any atom is 0.148 e. The predicted molar refractivity (Wildman–Crippen MR) is 159 cm³/mol. The van der Waals surface area contributed by atoms with Gasteiger partial charge in [-0.05, 0) is 47.9 Å². The second-order valence-corrected chi connectivity index (χ2v) is 10.3. The van der Waals surface area contributed by atoms with Crippen LogP contribution in [0.15, 0.2) is 104 Å². The van der Waals surface area contributed by atoms with Gasteiger partial charge in [-0.25, -0.2) is 9.97 Å². The first-order valence-electron chi connectivity index (χ1n) is 13.3. The maximum atomic E-state index is 6.35. The van der Waals surface area contributed by atoms with Crippen LogP contribution in [0.5, 0.6) is 11.5 Å². The van der Waals surface area contributed by atoms with Gasteiger partial charge in [-0.2, -0.15) is 0 Å². The molecule has 5 aromatic heterocycles. The number of hydrogen-bond donors (Lipinski definition) is 0. The first kappa shape index (κ1) is 22.7. The molecule has 7 nitrogen and oxygen atoms in total. The maximum absolute atomic E-state index is 6.35. The summed E-state index contributed by atoms with van der Waals surface area (Å²) in [5.74, 6) is 1.58. The third kappa shape index (κ3) is 3.37. The molecule has 40 heavy (non-hydrogen) atoms. The van der Waals surface area contributed by atoms with Crippen LogP contribution >= 0.6 is 0 Å². The van der Waals surface area contributed by atoms with Crippen LogP contribution in [0.1, 0.15) is 25.3 Å². The van der Waals surface area contributed by atoms with Crippen molar-refractivity contribution in [3.8, 4) is 17.2 Å². The monoisotopic (exact) mass is 520 g/mol. The van der Waals surface area contributed by atoms with Gasteiger partial charge in [0.25, 0.3) is 0 Å². The zero-order valence-corrected chi connectivity index (χ0v) is 22.0. The number of pyridine rings is 3. The first-order chi connectivity index (χ1) is 19.7. The summed E-state index contributed by atoms with van der Waals surface area (Å²) in [6.45, 7) is 4.44. The Morgan fingerprint density at radius 3 is 2.38 bits per heavy atom. The Kier molecular flexibility index (Phi) is 4.88. The Bertz CT molecular complexity index is 2240. The molecule has 0 amide bonds. The average Bonchev–Trinajstić information content (AvgIpc) is 3.59. The summed E-state index contributed by atoms with van der Waals surface area (Å²) in [6.07, 6.45) is 7.11. The summed E-state index contributed by atoms with van der Waals surface area (Å²) in [7, 11) is 0. The lowest BCUT2D eigenvalue weighted by molar-refractivity contribution is 0.479. The molecule has 7 heteroatoms. The molecule has 0 N–H and O–H groups in total. The molecule has 3 aromatic carbocycles. The molecule has 0 bridgehead atoms. The Hall–Kier alpha value is -5.30. The van der Waals surface area contributed by atoms with E-state index >= 15 is 0 Å². The molecule has 0 unspecified atom stereocenters. The fraction of sp³-hybridized carbons (Fsp3) is 0.0909. The van der Waals surface area contributed by atoms with Crippen LogP contribution in [-0.4, -0.2) is 28.9 Å². The number of aromatic nitrogens is 6. The van der Waals surface area contributed by atoms with E-state index in [0.717, 1.165) is 55.2 Å². The van der Waals surface area contributed by atoms with Crippen LogP contribution in [0, 0.1) is 0 Å². The molecule has 0 aliphatic heterocycles. The topological polar surface area (TPSA) is 70.1 Å². The minimum atomic E-state index is 0.338. The van der Waals surface area contributed by atoms with Crippen molar-refractivity contribution in [2.24, 2.45) is 0 Å². The van der Waals surface area contributed by atoms with Gasteiger partial charge >= 0.3 is 0 Å². The Balaban J connectivity index is 1.32. The summed E-state index contributed by atoms with van der Waals surface area (Å²) < 4.78 is 10.6. The van der Waals surface area contributed by atoms with Gasteiger partial charge in [0.1, 0.15) is 23.5 Å². The van der Waals surface area contributed by atoms with Crippen molar-refractivity contribution in [1.29, 1.82) is 0 Å². The van der Waals surface area contributed by atoms with Crippen LogP contribution in [0.4, 0.5) is 0 Å². The molecule has 0 saturated heterocycles. The molecule has 8 rings (SSSR count). The van der Waals surface area contributed by atoms with Crippen LogP contribution < -0.4 is 4.74 Å². The van der Waals surface area contributed by atoms with Crippen molar-refractivity contribution >= 4 is 49.5 Å². The molecular formula is C33H24N6O. The van der Waals surface area contributed by atoms with Gasteiger partial charge in [0, 0.05) is 16.8 Å². The van der Waals surface area contributed by atoms with Gasteiger partial charge in [-0.15, -0.1) is 0 Å². The quantitative estimate of drug-likeness (QED) is 0.221. The van der Waals surface area contributed by atoms with Gasteiger partial charge < -0.3 is 4.74 Å². The number of imidazole rings is 2. The van der Waals surface area contributed by atoms with Crippen molar-refractivity contribution in [3.63, 3.8) is 0 Å². The summed E-state index contributed by atoms with van der Waals surface area (Å²) >= 11 is 0. The van der Waals surface area contributed by atoms with Crippen LogP contribution in [0.3, 0.4) is 0 Å². The van der Waals surface area contributed by atoms with E-state index in [-0.39, 0.29) is 0 Å². The molecule has 0 fully saturated rings. The smallest absolute Gasteiger partial charge is 0.148 e. The second kappa shape index (κ2) is 8.61. The summed E-state index contributed by atoms with van der Waals surface area (Å²) in [4.78, 5) is 19.0. The first-order valence-corrected chi connectivity index (χ1v) is 13.3. The largest absolute Gasteiger partial charge is 0.454 e. The summed E-state index contributed by atoms with van der Waals surface area (Å²) in [5.41, 5.74) is 8.97. The van der Waals surface area contributed by atoms with Gasteiger partial charge in [-0.3, -0.25) is 18.9 Å². The Labute approximate surface area is 229 Å². The van der Waals surface area contributed by atoms with Crippen molar-refractivity contribution in [1.82, 2.24) is 28.9 Å². The van der Waals surface area contributed by atoms with E-state index in [9.17, 15) is 0 Å². The highest BCUT2D eigenvalue weighted by molar-refractivity contribution is 6.13. The van der Waals surface area contributed by atoms with Gasteiger partial charge in [0.05, 0.1) is 57.4 Å². The Morgan fingerprint density at radius 1 is 0.725 bits per heavy atom. The molecular weight excluding hydrogens is 496 g/mol. The summed E-state index contributed by atoms with van der Waals surface area (Å²) in [5, 5.41) is 2.09. The van der Waals surface area contributed by atoms with Crippen molar-refractivity contribution in [2.75, 3.05) is 0 Å². The SMILES string of the molecule is CC(C)c1cccc2c1c1ncc(Oc3cncc(-n4cnc5ccccc54)c3)cc1c1nc3ccccc3n21. The number of benzene rings is 3. The number of hydrogen-bond acceptors (Lipinski definition) is 5. The Morgan fingerprint density at radius 2 is 1.50 bits per heavy atom. The molecule has 0 aliphatic rings. The number of rotatable bonds is 4. The molecule has 0 atom stereocenters. The van der Waals surface area contributed by atoms with E-state index < -0.39 is 0 Å². The van der Waals surface area contributed by atoms with Crippen molar-refractivity contribution < 1.29 is 4.74 Å². The lowest BCUT2D eigenvalue weighted by Crippen LogP contribution is -1.99. The highest BCUT2D eigenvalue weighted by Gasteiger charge is 2.18. The number of nitrogens with zero attached hydrogens (tertiary/aromatic N) is 6. The number of fused-ring (bicyclic) bond motifs is 9. The number of para-hydroxylation sites is 4. The lowest BCUT2D eigenvalue weighted by atomic mass is 9.96. The van der Waals surface area contributed by atoms with Crippen LogP contribution in [0.25, 0.3) is 55.2 Å². The average molecular weight is 521 g/mol. The standard InChI is InChI=1S/C33H24N6O/c1-20(2)24-8-7-13-30-31(24)32-25(33-37-27-10-4-6-12-29(27)39(30)33)15-23(18-35-32)40-22-14-21(16-34-17-22)38-19-36-26-9-3-5-11-28(26)38/h3-20H,1-2H3. The van der Waals surface area contributed by atoms with E-state index in [2.05, 4.69) is 64.6 Å². The van der Waals surface area contributed by atoms with Crippen LogP contribution in [0.2, 0.25) is 0 Å². The zero-order chi connectivity index (χ0) is 26.8. The van der Waals surface area contributed by atoms with Crippen molar-refractivity contribution in [2.45, 2.75) is 19.8 Å². The van der Waals surface area contributed by atoms with Crippen molar-refractivity contribution in [3.05, 3.63) is 109 Å². The molecule has 0 saturated carbocycles. The summed E-state index contributed by atoms with van der Waals surface area (Å²) in [6, 6.07) is 26.7. The fourth-order valence-electron chi connectivity index (χ4n) is 5.70. The van der Waals surface area contributed by atoms with Gasteiger partial charge in [0.2, 0.25) is 0 Å².